The van der Waals surface area contributed by atoms with Crippen molar-refractivity contribution in [1.29, 1.82) is 0 Å². The second kappa shape index (κ2) is 8.10. The van der Waals surface area contributed by atoms with Crippen molar-refractivity contribution in [1.82, 2.24) is 4.98 Å². The zero-order valence-corrected chi connectivity index (χ0v) is 17.4. The van der Waals surface area contributed by atoms with Crippen LogP contribution in [0.3, 0.4) is 0 Å². The van der Waals surface area contributed by atoms with Gasteiger partial charge in [-0.2, -0.15) is 0 Å². The molecule has 0 unspecified atom stereocenters. The topological polar surface area (TPSA) is 98.6 Å². The number of aromatic amines is 1. The molecule has 0 saturated carbocycles. The van der Waals surface area contributed by atoms with E-state index >= 15 is 0 Å². The highest BCUT2D eigenvalue weighted by Gasteiger charge is 2.24. The van der Waals surface area contributed by atoms with Crippen molar-refractivity contribution >= 4 is 33.7 Å². The van der Waals surface area contributed by atoms with Crippen LogP contribution < -0.4 is 5.63 Å². The number of H-pyrrole nitrogens is 1. The Morgan fingerprint density at radius 3 is 2.58 bits per heavy atom. The number of fused-ring (bicyclic) bond motifs is 3. The molecule has 0 bridgehead atoms. The van der Waals surface area contributed by atoms with Gasteiger partial charge in [-0.05, 0) is 43.2 Å². The summed E-state index contributed by atoms with van der Waals surface area (Å²) < 4.78 is 15.9. The molecule has 7 nitrogen and oxygen atoms in total. The number of aromatic nitrogens is 1. The minimum atomic E-state index is -0.627. The molecular weight excluding hydrogens is 398 g/mol. The van der Waals surface area contributed by atoms with Gasteiger partial charge in [-0.15, -0.1) is 0 Å². The van der Waals surface area contributed by atoms with Crippen LogP contribution in [0.4, 0.5) is 0 Å². The fourth-order valence-corrected chi connectivity index (χ4v) is 3.81. The first kappa shape index (κ1) is 20.4. The van der Waals surface area contributed by atoms with Gasteiger partial charge in [0.15, 0.2) is 0 Å². The minimum absolute atomic E-state index is 0.124. The molecule has 1 N–H and O–H groups in total. The highest BCUT2D eigenvalue weighted by Crippen LogP contribution is 2.28. The number of esters is 2. The first-order valence-corrected chi connectivity index (χ1v) is 9.88. The lowest BCUT2D eigenvalue weighted by Crippen LogP contribution is -2.10. The molecule has 7 heteroatoms. The van der Waals surface area contributed by atoms with Crippen LogP contribution >= 0.6 is 0 Å². The molecule has 0 aliphatic heterocycles. The molecule has 0 aliphatic rings. The molecule has 0 radical (unpaired) electrons. The Balaban J connectivity index is 1.68. The van der Waals surface area contributed by atoms with Gasteiger partial charge in [0.1, 0.15) is 17.9 Å². The van der Waals surface area contributed by atoms with Crippen molar-refractivity contribution in [3.63, 3.8) is 0 Å². The van der Waals surface area contributed by atoms with Gasteiger partial charge in [-0.25, -0.2) is 14.4 Å². The number of carbonyl (C=O) groups is 2. The van der Waals surface area contributed by atoms with Crippen molar-refractivity contribution in [2.75, 3.05) is 6.61 Å². The number of ether oxygens (including phenoxy) is 2. The second-order valence-electron chi connectivity index (χ2n) is 7.17. The Bertz CT molecular complexity index is 1380. The van der Waals surface area contributed by atoms with E-state index in [1.54, 1.807) is 26.8 Å². The van der Waals surface area contributed by atoms with Crippen molar-refractivity contribution < 1.29 is 23.5 Å². The molecule has 4 rings (SSSR count). The zero-order chi connectivity index (χ0) is 22.1. The molecule has 2 aromatic heterocycles. The summed E-state index contributed by atoms with van der Waals surface area (Å²) in [6.45, 7) is 5.18. The zero-order valence-electron chi connectivity index (χ0n) is 17.4. The largest absolute Gasteiger partial charge is 0.462 e. The average Bonchev–Trinajstić information content (AvgIpc) is 3.05. The molecule has 4 aromatic rings. The van der Waals surface area contributed by atoms with Crippen LogP contribution in [0, 0.1) is 13.8 Å². The van der Waals surface area contributed by atoms with Crippen LogP contribution in [-0.2, 0) is 16.1 Å². The molecule has 0 saturated heterocycles. The van der Waals surface area contributed by atoms with Gasteiger partial charge in [0.25, 0.3) is 0 Å². The first-order chi connectivity index (χ1) is 14.9. The van der Waals surface area contributed by atoms with E-state index in [1.807, 2.05) is 30.3 Å². The van der Waals surface area contributed by atoms with Gasteiger partial charge in [-0.3, -0.25) is 0 Å². The summed E-state index contributed by atoms with van der Waals surface area (Å²) >= 11 is 0. The first-order valence-electron chi connectivity index (χ1n) is 9.88. The summed E-state index contributed by atoms with van der Waals surface area (Å²) in [4.78, 5) is 39.9. The van der Waals surface area contributed by atoms with Crippen LogP contribution in [0.5, 0.6) is 0 Å². The Labute approximate surface area is 177 Å². The van der Waals surface area contributed by atoms with E-state index < -0.39 is 17.6 Å². The standard InChI is InChI=1S/C24H21NO6/c1-4-29-23(27)20-13(2)22(25-14(20)3)24(28)30-12-16-11-19(26)31-18-10-9-15-7-5-6-8-17(15)21(16)18/h5-11,25H,4,12H2,1-3H3. The van der Waals surface area contributed by atoms with E-state index in [4.69, 9.17) is 13.9 Å². The summed E-state index contributed by atoms with van der Waals surface area (Å²) in [5, 5.41) is 2.59. The summed E-state index contributed by atoms with van der Waals surface area (Å²) in [5.41, 5.74) is 1.94. The molecule has 0 fully saturated rings. The average molecular weight is 419 g/mol. The van der Waals surface area contributed by atoms with Crippen LogP contribution in [0.1, 0.15) is 44.6 Å². The molecular formula is C24H21NO6. The summed E-state index contributed by atoms with van der Waals surface area (Å²) in [5.74, 6) is -1.12. The molecule has 2 heterocycles. The van der Waals surface area contributed by atoms with Crippen molar-refractivity contribution in [3.8, 4) is 0 Å². The number of aryl methyl sites for hydroxylation is 1. The van der Waals surface area contributed by atoms with E-state index in [2.05, 4.69) is 4.98 Å². The third kappa shape index (κ3) is 3.70. The lowest BCUT2D eigenvalue weighted by Gasteiger charge is -2.09. The predicted octanol–water partition coefficient (Wildman–Crippen LogP) is 4.42. The lowest BCUT2D eigenvalue weighted by molar-refractivity contribution is 0.0466. The summed E-state index contributed by atoms with van der Waals surface area (Å²) in [6.07, 6.45) is 0. The van der Waals surface area contributed by atoms with E-state index in [1.165, 1.54) is 6.07 Å². The maximum absolute atomic E-state index is 12.8. The van der Waals surface area contributed by atoms with Crippen molar-refractivity contribution in [3.05, 3.63) is 81.0 Å². The normalized spacial score (nSPS) is 11.1. The third-order valence-electron chi connectivity index (χ3n) is 5.19. The Kier molecular flexibility index (Phi) is 5.33. The molecule has 0 aliphatic carbocycles. The SMILES string of the molecule is CCOC(=O)c1c(C)[nH]c(C(=O)OCc2cc(=O)oc3ccc4ccccc4c23)c1C. The van der Waals surface area contributed by atoms with Gasteiger partial charge in [0.05, 0.1) is 12.2 Å². The Morgan fingerprint density at radius 1 is 1.03 bits per heavy atom. The number of hydrogen-bond donors (Lipinski definition) is 1. The third-order valence-corrected chi connectivity index (χ3v) is 5.19. The quantitative estimate of drug-likeness (QED) is 0.292. The van der Waals surface area contributed by atoms with E-state index in [0.29, 0.717) is 28.0 Å². The molecule has 2 aromatic carbocycles. The van der Waals surface area contributed by atoms with Crippen molar-refractivity contribution in [2.45, 2.75) is 27.4 Å². The number of rotatable bonds is 5. The van der Waals surface area contributed by atoms with E-state index in [9.17, 15) is 14.4 Å². The molecule has 0 amide bonds. The maximum atomic E-state index is 12.8. The fraction of sp³-hybridized carbons (Fsp3) is 0.208. The maximum Gasteiger partial charge on any atom is 0.355 e. The lowest BCUT2D eigenvalue weighted by atomic mass is 10.0. The highest BCUT2D eigenvalue weighted by molar-refractivity contribution is 6.07. The van der Waals surface area contributed by atoms with Crippen molar-refractivity contribution in [2.24, 2.45) is 0 Å². The number of nitrogens with one attached hydrogen (secondary N) is 1. The Morgan fingerprint density at radius 2 is 1.81 bits per heavy atom. The van der Waals surface area contributed by atoms with Crippen LogP contribution in [0.25, 0.3) is 21.7 Å². The number of hydrogen-bond acceptors (Lipinski definition) is 6. The fourth-order valence-electron chi connectivity index (χ4n) is 3.81. The number of benzene rings is 2. The van der Waals surface area contributed by atoms with Crippen LogP contribution in [0.2, 0.25) is 0 Å². The molecule has 158 valence electrons. The predicted molar refractivity (Wildman–Crippen MR) is 115 cm³/mol. The van der Waals surface area contributed by atoms with Gasteiger partial charge in [0.2, 0.25) is 0 Å². The van der Waals surface area contributed by atoms with Gasteiger partial charge < -0.3 is 18.9 Å². The van der Waals surface area contributed by atoms with Crippen LogP contribution in [-0.4, -0.2) is 23.5 Å². The molecule has 0 spiro atoms. The van der Waals surface area contributed by atoms with Gasteiger partial charge >= 0.3 is 17.6 Å². The smallest absolute Gasteiger partial charge is 0.355 e. The molecule has 0 atom stereocenters. The highest BCUT2D eigenvalue weighted by atomic mass is 16.5. The molecule has 31 heavy (non-hydrogen) atoms. The number of carbonyl (C=O) groups excluding carboxylic acids is 2. The monoisotopic (exact) mass is 419 g/mol. The minimum Gasteiger partial charge on any atom is -0.462 e. The second-order valence-corrected chi connectivity index (χ2v) is 7.17. The van der Waals surface area contributed by atoms with E-state index in [-0.39, 0.29) is 18.9 Å². The van der Waals surface area contributed by atoms with Crippen LogP contribution in [0.15, 0.2) is 51.7 Å². The Hall–Kier alpha value is -3.87. The summed E-state index contributed by atoms with van der Waals surface area (Å²) in [6, 6.07) is 12.6. The van der Waals surface area contributed by atoms with E-state index in [0.717, 1.165) is 16.2 Å². The van der Waals surface area contributed by atoms with Gasteiger partial charge in [0, 0.05) is 22.7 Å². The summed E-state index contributed by atoms with van der Waals surface area (Å²) in [7, 11) is 0. The van der Waals surface area contributed by atoms with Gasteiger partial charge in [-0.1, -0.05) is 30.3 Å².